The van der Waals surface area contributed by atoms with E-state index in [9.17, 15) is 4.79 Å². The summed E-state index contributed by atoms with van der Waals surface area (Å²) in [4.78, 5) is 16.6. The van der Waals surface area contributed by atoms with E-state index in [-0.39, 0.29) is 5.56 Å². The molecular formula is C23H19ClN2O3. The molecule has 2 aromatic carbocycles. The van der Waals surface area contributed by atoms with Gasteiger partial charge in [-0.1, -0.05) is 29.8 Å². The molecule has 0 aliphatic carbocycles. The van der Waals surface area contributed by atoms with E-state index in [2.05, 4.69) is 4.98 Å². The maximum absolute atomic E-state index is 12.3. The minimum absolute atomic E-state index is 0.0891. The molecule has 0 spiro atoms. The summed E-state index contributed by atoms with van der Waals surface area (Å²) in [5.74, 6) is 1.46. The zero-order valence-corrected chi connectivity index (χ0v) is 16.6. The van der Waals surface area contributed by atoms with Crippen molar-refractivity contribution in [2.45, 2.75) is 6.54 Å². The van der Waals surface area contributed by atoms with Gasteiger partial charge in [-0.15, -0.1) is 0 Å². The molecule has 2 aromatic heterocycles. The lowest BCUT2D eigenvalue weighted by Gasteiger charge is -2.12. The normalized spacial score (nSPS) is 10.8. The highest BCUT2D eigenvalue weighted by atomic mass is 35.5. The smallest absolute Gasteiger partial charge is 0.250 e. The Kier molecular flexibility index (Phi) is 5.49. The van der Waals surface area contributed by atoms with Crippen LogP contribution < -0.4 is 15.0 Å². The summed E-state index contributed by atoms with van der Waals surface area (Å²) in [7, 11) is 1.62. The van der Waals surface area contributed by atoms with E-state index in [0.717, 1.165) is 27.8 Å². The molecule has 0 N–H and O–H groups in total. The van der Waals surface area contributed by atoms with Crippen LogP contribution in [0, 0.1) is 0 Å². The predicted octanol–water partition coefficient (Wildman–Crippen LogP) is 4.80. The van der Waals surface area contributed by atoms with E-state index >= 15 is 0 Å². The Morgan fingerprint density at radius 2 is 1.93 bits per heavy atom. The molecule has 0 unspecified atom stereocenters. The topological polar surface area (TPSA) is 53.4 Å². The van der Waals surface area contributed by atoms with Gasteiger partial charge in [-0.05, 0) is 35.9 Å². The van der Waals surface area contributed by atoms with Crippen molar-refractivity contribution in [1.29, 1.82) is 0 Å². The van der Waals surface area contributed by atoms with E-state index in [1.807, 2.05) is 54.7 Å². The number of ether oxygens (including phenoxy) is 2. The lowest BCUT2D eigenvalue weighted by molar-refractivity contribution is 0.299. The Morgan fingerprint density at radius 1 is 1.07 bits per heavy atom. The van der Waals surface area contributed by atoms with Gasteiger partial charge in [0.15, 0.2) is 0 Å². The Bertz CT molecular complexity index is 1220. The molecule has 0 aliphatic heterocycles. The maximum atomic E-state index is 12.3. The molecule has 0 saturated carbocycles. The largest absolute Gasteiger partial charge is 0.497 e. The monoisotopic (exact) mass is 406 g/mol. The number of nitrogens with zero attached hydrogens (tertiary/aromatic N) is 2. The second-order valence-electron chi connectivity index (χ2n) is 6.47. The summed E-state index contributed by atoms with van der Waals surface area (Å²) in [5, 5.41) is 1.54. The second kappa shape index (κ2) is 8.37. The minimum Gasteiger partial charge on any atom is -0.497 e. The number of hydrogen-bond acceptors (Lipinski definition) is 4. The third-order valence-electron chi connectivity index (χ3n) is 4.67. The fraction of sp³-hybridized carbons (Fsp3) is 0.130. The van der Waals surface area contributed by atoms with Crippen molar-refractivity contribution in [3.63, 3.8) is 0 Å². The van der Waals surface area contributed by atoms with Crippen molar-refractivity contribution in [3.05, 3.63) is 88.4 Å². The van der Waals surface area contributed by atoms with Crippen molar-refractivity contribution in [3.8, 4) is 22.6 Å². The molecule has 0 fully saturated rings. The fourth-order valence-corrected chi connectivity index (χ4v) is 3.41. The maximum Gasteiger partial charge on any atom is 0.250 e. The molecule has 5 nitrogen and oxygen atoms in total. The summed E-state index contributed by atoms with van der Waals surface area (Å²) >= 11 is 6.29. The zero-order valence-electron chi connectivity index (χ0n) is 15.8. The highest BCUT2D eigenvalue weighted by Gasteiger charge is 2.07. The number of benzene rings is 2. The van der Waals surface area contributed by atoms with Crippen LogP contribution in [0.5, 0.6) is 11.5 Å². The van der Waals surface area contributed by atoms with Crippen LogP contribution in [0.15, 0.2) is 77.9 Å². The fourth-order valence-electron chi connectivity index (χ4n) is 3.17. The van der Waals surface area contributed by atoms with Crippen molar-refractivity contribution in [2.24, 2.45) is 0 Å². The molecule has 0 saturated heterocycles. The lowest BCUT2D eigenvalue weighted by atomic mass is 10.1. The van der Waals surface area contributed by atoms with Gasteiger partial charge in [0.05, 0.1) is 19.2 Å². The Morgan fingerprint density at radius 3 is 2.76 bits per heavy atom. The van der Waals surface area contributed by atoms with Gasteiger partial charge >= 0.3 is 0 Å². The number of halogens is 1. The van der Waals surface area contributed by atoms with E-state index in [1.165, 1.54) is 0 Å². The number of methoxy groups -OCH3 is 1. The van der Waals surface area contributed by atoms with Gasteiger partial charge in [-0.3, -0.25) is 9.78 Å². The first-order valence-electron chi connectivity index (χ1n) is 9.16. The molecule has 146 valence electrons. The van der Waals surface area contributed by atoms with Crippen molar-refractivity contribution < 1.29 is 9.47 Å². The summed E-state index contributed by atoms with van der Waals surface area (Å²) in [6, 6.07) is 18.4. The van der Waals surface area contributed by atoms with Crippen LogP contribution in [0.2, 0.25) is 5.02 Å². The van der Waals surface area contributed by atoms with Crippen LogP contribution >= 0.6 is 11.6 Å². The quantitative estimate of drug-likeness (QED) is 0.461. The molecule has 29 heavy (non-hydrogen) atoms. The second-order valence-corrected chi connectivity index (χ2v) is 6.88. The SMILES string of the molecule is COc1ccc2c(OCCn3cc(-c4ccccc4Cl)ccc3=O)ccnc2c1. The third-order valence-corrected chi connectivity index (χ3v) is 5.00. The summed E-state index contributed by atoms with van der Waals surface area (Å²) in [5.41, 5.74) is 2.48. The molecular weight excluding hydrogens is 388 g/mol. The molecule has 4 rings (SSSR count). The average molecular weight is 407 g/mol. The van der Waals surface area contributed by atoms with Crippen molar-refractivity contribution in [2.75, 3.05) is 13.7 Å². The Hall–Kier alpha value is -3.31. The molecule has 2 heterocycles. The Balaban J connectivity index is 1.53. The van der Waals surface area contributed by atoms with Gasteiger partial charge in [0, 0.05) is 40.5 Å². The van der Waals surface area contributed by atoms with Crippen molar-refractivity contribution >= 4 is 22.5 Å². The zero-order chi connectivity index (χ0) is 20.2. The number of aromatic nitrogens is 2. The van der Waals surface area contributed by atoms with Crippen LogP contribution in [0.1, 0.15) is 0 Å². The van der Waals surface area contributed by atoms with Gasteiger partial charge in [0.2, 0.25) is 0 Å². The molecule has 0 amide bonds. The van der Waals surface area contributed by atoms with Gasteiger partial charge in [0.1, 0.15) is 18.1 Å². The Labute approximate surface area is 173 Å². The first-order chi connectivity index (χ1) is 14.2. The molecule has 0 radical (unpaired) electrons. The van der Waals surface area contributed by atoms with E-state index in [0.29, 0.717) is 23.9 Å². The molecule has 0 atom stereocenters. The first-order valence-corrected chi connectivity index (χ1v) is 9.54. The van der Waals surface area contributed by atoms with E-state index in [1.54, 1.807) is 30.0 Å². The van der Waals surface area contributed by atoms with Crippen molar-refractivity contribution in [1.82, 2.24) is 9.55 Å². The van der Waals surface area contributed by atoms with E-state index in [4.69, 9.17) is 21.1 Å². The summed E-state index contributed by atoms with van der Waals surface area (Å²) in [6.45, 7) is 0.758. The van der Waals surface area contributed by atoms with Crippen LogP contribution in [0.4, 0.5) is 0 Å². The van der Waals surface area contributed by atoms with Gasteiger partial charge in [0.25, 0.3) is 5.56 Å². The average Bonchev–Trinajstić information content (AvgIpc) is 2.75. The standard InChI is InChI=1S/C23H19ClN2O3/c1-28-17-7-8-19-21(14-17)25-11-10-22(19)29-13-12-26-15-16(6-9-23(26)27)18-4-2-3-5-20(18)24/h2-11,14-15H,12-13H2,1H3. The summed E-state index contributed by atoms with van der Waals surface area (Å²) < 4.78 is 12.8. The van der Waals surface area contributed by atoms with Crippen LogP contribution in [-0.2, 0) is 6.54 Å². The van der Waals surface area contributed by atoms with Crippen LogP contribution in [0.25, 0.3) is 22.0 Å². The number of hydrogen-bond donors (Lipinski definition) is 0. The summed E-state index contributed by atoms with van der Waals surface area (Å²) in [6.07, 6.45) is 3.50. The third kappa shape index (κ3) is 4.10. The predicted molar refractivity (Wildman–Crippen MR) is 115 cm³/mol. The van der Waals surface area contributed by atoms with Crippen LogP contribution in [-0.4, -0.2) is 23.3 Å². The number of fused-ring (bicyclic) bond motifs is 1. The first kappa shape index (κ1) is 19.0. The van der Waals surface area contributed by atoms with Gasteiger partial charge < -0.3 is 14.0 Å². The van der Waals surface area contributed by atoms with Crippen LogP contribution in [0.3, 0.4) is 0 Å². The lowest BCUT2D eigenvalue weighted by Crippen LogP contribution is -2.22. The van der Waals surface area contributed by atoms with Gasteiger partial charge in [-0.25, -0.2) is 0 Å². The molecule has 0 bridgehead atoms. The highest BCUT2D eigenvalue weighted by Crippen LogP contribution is 2.28. The molecule has 6 heteroatoms. The van der Waals surface area contributed by atoms with Gasteiger partial charge in [-0.2, -0.15) is 0 Å². The van der Waals surface area contributed by atoms with E-state index < -0.39 is 0 Å². The molecule has 0 aliphatic rings. The highest BCUT2D eigenvalue weighted by molar-refractivity contribution is 6.33. The number of pyridine rings is 2. The minimum atomic E-state index is -0.0891. The molecule has 4 aromatic rings. The number of rotatable bonds is 6.